The zero-order valence-electron chi connectivity index (χ0n) is 12.3. The van der Waals surface area contributed by atoms with E-state index in [1.807, 2.05) is 18.3 Å². The average molecular weight is 296 g/mol. The van der Waals surface area contributed by atoms with Crippen LogP contribution in [-0.2, 0) is 13.1 Å². The Bertz CT molecular complexity index is 722. The fraction of sp³-hybridized carbons (Fsp3) is 0.176. The topological polar surface area (TPSA) is 44.8 Å². The van der Waals surface area contributed by atoms with Crippen LogP contribution in [0.5, 0.6) is 0 Å². The van der Waals surface area contributed by atoms with Gasteiger partial charge in [-0.2, -0.15) is 5.10 Å². The fourth-order valence-electron chi connectivity index (χ4n) is 2.44. The third-order valence-electron chi connectivity index (χ3n) is 3.49. The molecule has 5 heteroatoms. The van der Waals surface area contributed by atoms with Gasteiger partial charge in [-0.3, -0.25) is 15.0 Å². The molecule has 2 heterocycles. The maximum atomic E-state index is 13.0. The van der Waals surface area contributed by atoms with Gasteiger partial charge in [-0.05, 0) is 49.0 Å². The summed E-state index contributed by atoms with van der Waals surface area (Å²) in [6.45, 7) is 1.59. The molecule has 0 bridgehead atoms. The summed E-state index contributed by atoms with van der Waals surface area (Å²) in [6.07, 6.45) is 5.41. The smallest absolute Gasteiger partial charge is 0.123 e. The van der Waals surface area contributed by atoms with Crippen molar-refractivity contribution in [2.75, 3.05) is 7.05 Å². The first kappa shape index (κ1) is 14.4. The van der Waals surface area contributed by atoms with Gasteiger partial charge in [0, 0.05) is 36.6 Å². The maximum Gasteiger partial charge on any atom is 0.123 e. The monoisotopic (exact) mass is 296 g/mol. The molecule has 0 aliphatic heterocycles. The van der Waals surface area contributed by atoms with Crippen molar-refractivity contribution >= 4 is 0 Å². The molecule has 3 aromatic rings. The first-order valence-electron chi connectivity index (χ1n) is 7.08. The van der Waals surface area contributed by atoms with E-state index in [-0.39, 0.29) is 5.82 Å². The van der Waals surface area contributed by atoms with Crippen molar-refractivity contribution in [1.82, 2.24) is 20.1 Å². The standard InChI is InChI=1S/C17H17FN4/c1-22(11-13-6-8-19-9-7-13)12-15-10-20-21-17(15)14-2-4-16(18)5-3-14/h2-10H,11-12H2,1H3,(H,20,21). The normalized spacial score (nSPS) is 11.0. The minimum absolute atomic E-state index is 0.236. The largest absolute Gasteiger partial charge is 0.298 e. The number of rotatable bonds is 5. The first-order chi connectivity index (χ1) is 10.7. The van der Waals surface area contributed by atoms with E-state index in [0.29, 0.717) is 0 Å². The molecule has 0 unspecified atom stereocenters. The van der Waals surface area contributed by atoms with Gasteiger partial charge in [0.1, 0.15) is 5.82 Å². The number of halogens is 1. The van der Waals surface area contributed by atoms with Crippen LogP contribution >= 0.6 is 0 Å². The highest BCUT2D eigenvalue weighted by molar-refractivity contribution is 5.62. The van der Waals surface area contributed by atoms with Gasteiger partial charge in [-0.1, -0.05) is 0 Å². The van der Waals surface area contributed by atoms with Crippen molar-refractivity contribution in [3.05, 3.63) is 71.9 Å². The Morgan fingerprint density at radius 3 is 2.50 bits per heavy atom. The Morgan fingerprint density at radius 1 is 1.05 bits per heavy atom. The number of nitrogens with zero attached hydrogens (tertiary/aromatic N) is 3. The lowest BCUT2D eigenvalue weighted by atomic mass is 10.1. The van der Waals surface area contributed by atoms with Crippen LogP contribution in [0.15, 0.2) is 55.0 Å². The predicted molar refractivity (Wildman–Crippen MR) is 83.4 cm³/mol. The van der Waals surface area contributed by atoms with Crippen LogP contribution in [0.2, 0.25) is 0 Å². The number of H-pyrrole nitrogens is 1. The summed E-state index contributed by atoms with van der Waals surface area (Å²) in [7, 11) is 2.06. The summed E-state index contributed by atoms with van der Waals surface area (Å²) in [5.41, 5.74) is 4.17. The fourth-order valence-corrected chi connectivity index (χ4v) is 2.44. The molecule has 0 amide bonds. The van der Waals surface area contributed by atoms with Crippen molar-refractivity contribution in [2.45, 2.75) is 13.1 Å². The molecule has 4 nitrogen and oxygen atoms in total. The highest BCUT2D eigenvalue weighted by Gasteiger charge is 2.10. The zero-order valence-corrected chi connectivity index (χ0v) is 12.3. The zero-order chi connectivity index (χ0) is 15.4. The van der Waals surface area contributed by atoms with Crippen molar-refractivity contribution in [1.29, 1.82) is 0 Å². The number of aromatic amines is 1. The average Bonchev–Trinajstić information content (AvgIpc) is 2.97. The minimum atomic E-state index is -0.236. The SMILES string of the molecule is CN(Cc1ccncc1)Cc1cn[nH]c1-c1ccc(F)cc1. The van der Waals surface area contributed by atoms with Crippen molar-refractivity contribution in [3.8, 4) is 11.3 Å². The van der Waals surface area contributed by atoms with Gasteiger partial charge in [0.25, 0.3) is 0 Å². The first-order valence-corrected chi connectivity index (χ1v) is 7.08. The molecule has 112 valence electrons. The van der Waals surface area contributed by atoms with E-state index in [1.165, 1.54) is 17.7 Å². The summed E-state index contributed by atoms with van der Waals surface area (Å²) < 4.78 is 13.0. The number of pyridine rings is 1. The van der Waals surface area contributed by atoms with E-state index in [0.717, 1.165) is 29.9 Å². The molecule has 0 fully saturated rings. The number of hydrogen-bond donors (Lipinski definition) is 1. The Labute approximate surface area is 128 Å². The van der Waals surface area contributed by atoms with E-state index in [9.17, 15) is 4.39 Å². The highest BCUT2D eigenvalue weighted by atomic mass is 19.1. The summed E-state index contributed by atoms with van der Waals surface area (Å²) in [5.74, 6) is -0.236. The lowest BCUT2D eigenvalue weighted by molar-refractivity contribution is 0.319. The molecule has 0 radical (unpaired) electrons. The Hall–Kier alpha value is -2.53. The highest BCUT2D eigenvalue weighted by Crippen LogP contribution is 2.22. The lowest BCUT2D eigenvalue weighted by Gasteiger charge is -2.16. The molecule has 2 aromatic heterocycles. The molecule has 0 atom stereocenters. The Morgan fingerprint density at radius 2 is 1.77 bits per heavy atom. The van der Waals surface area contributed by atoms with E-state index in [2.05, 4.69) is 27.1 Å². The summed E-state index contributed by atoms with van der Waals surface area (Å²) in [5, 5.41) is 7.13. The summed E-state index contributed by atoms with van der Waals surface area (Å²) in [6, 6.07) is 10.4. The number of aromatic nitrogens is 3. The van der Waals surface area contributed by atoms with Crippen LogP contribution in [0, 0.1) is 5.82 Å². The van der Waals surface area contributed by atoms with Crippen LogP contribution in [0.25, 0.3) is 11.3 Å². The van der Waals surface area contributed by atoms with Gasteiger partial charge in [0.2, 0.25) is 0 Å². The van der Waals surface area contributed by atoms with Crippen molar-refractivity contribution in [2.24, 2.45) is 0 Å². The minimum Gasteiger partial charge on any atom is -0.298 e. The van der Waals surface area contributed by atoms with Crippen LogP contribution < -0.4 is 0 Å². The molecule has 0 spiro atoms. The third kappa shape index (κ3) is 3.38. The number of nitrogens with one attached hydrogen (secondary N) is 1. The van der Waals surface area contributed by atoms with E-state index in [1.54, 1.807) is 24.5 Å². The predicted octanol–water partition coefficient (Wildman–Crippen LogP) is 3.24. The molecular formula is C17H17FN4. The molecule has 1 aromatic carbocycles. The molecular weight excluding hydrogens is 279 g/mol. The number of benzene rings is 1. The molecule has 22 heavy (non-hydrogen) atoms. The summed E-state index contributed by atoms with van der Waals surface area (Å²) >= 11 is 0. The van der Waals surface area contributed by atoms with Crippen LogP contribution in [0.4, 0.5) is 4.39 Å². The molecule has 0 aliphatic rings. The van der Waals surface area contributed by atoms with Gasteiger partial charge in [-0.15, -0.1) is 0 Å². The molecule has 0 saturated heterocycles. The van der Waals surface area contributed by atoms with Crippen LogP contribution in [0.1, 0.15) is 11.1 Å². The summed E-state index contributed by atoms with van der Waals surface area (Å²) in [4.78, 5) is 6.23. The van der Waals surface area contributed by atoms with E-state index in [4.69, 9.17) is 0 Å². The van der Waals surface area contributed by atoms with Crippen LogP contribution in [-0.4, -0.2) is 27.1 Å². The maximum absolute atomic E-state index is 13.0. The molecule has 3 rings (SSSR count). The van der Waals surface area contributed by atoms with Gasteiger partial charge in [-0.25, -0.2) is 4.39 Å². The molecule has 0 aliphatic carbocycles. The quantitative estimate of drug-likeness (QED) is 0.786. The van der Waals surface area contributed by atoms with Gasteiger partial charge < -0.3 is 0 Å². The Balaban J connectivity index is 1.73. The third-order valence-corrected chi connectivity index (χ3v) is 3.49. The van der Waals surface area contributed by atoms with Gasteiger partial charge in [0.05, 0.1) is 11.9 Å². The van der Waals surface area contributed by atoms with Crippen LogP contribution in [0.3, 0.4) is 0 Å². The number of hydrogen-bond acceptors (Lipinski definition) is 3. The second-order valence-electron chi connectivity index (χ2n) is 5.30. The van der Waals surface area contributed by atoms with E-state index >= 15 is 0 Å². The second kappa shape index (κ2) is 6.49. The molecule has 0 saturated carbocycles. The van der Waals surface area contributed by atoms with Gasteiger partial charge >= 0.3 is 0 Å². The van der Waals surface area contributed by atoms with Crippen molar-refractivity contribution < 1.29 is 4.39 Å². The lowest BCUT2D eigenvalue weighted by Crippen LogP contribution is -2.17. The van der Waals surface area contributed by atoms with Gasteiger partial charge in [0.15, 0.2) is 0 Å². The second-order valence-corrected chi connectivity index (χ2v) is 5.30. The molecule has 1 N–H and O–H groups in total. The Kier molecular flexibility index (Phi) is 4.25. The van der Waals surface area contributed by atoms with E-state index < -0.39 is 0 Å². The van der Waals surface area contributed by atoms with Crippen molar-refractivity contribution in [3.63, 3.8) is 0 Å².